The van der Waals surface area contributed by atoms with Crippen molar-refractivity contribution in [3.05, 3.63) is 91.6 Å². The Hall–Kier alpha value is -4.61. The molecule has 278 valence electrons. The number of hydrogen-bond donors (Lipinski definition) is 2. The smallest absolute Gasteiger partial charge is 0.416 e. The van der Waals surface area contributed by atoms with Crippen LogP contribution >= 0.6 is 0 Å². The first-order chi connectivity index (χ1) is 24.4. The summed E-state index contributed by atoms with van der Waals surface area (Å²) in [6, 6.07) is 0.217. The number of nitrogens with zero attached hydrogens (tertiary/aromatic N) is 2. The van der Waals surface area contributed by atoms with Gasteiger partial charge in [-0.2, -0.15) is 13.2 Å². The standard InChI is InChI=1S/C38H39F6N3O5/c1-6-22-12-28(40)35(36(41)34(22)33-20(4)10-24(39)11-21(33)5)29(15-32(49)50)45-37(51)30(9-19(2)3)47-16-23(27(14-31(47)48)38(42,43)44)7-8-46-17-26-13-25(46)18-52-26/h1,10-12,14,16,19,25-26,29-30H,7-9,13,15,17-18H2,2-5H3,(H,45,51)(H,49,50)/t25-,26-,29-,30+/m0/s1. The van der Waals surface area contributed by atoms with E-state index in [1.807, 2.05) is 4.90 Å². The van der Waals surface area contributed by atoms with Crippen molar-refractivity contribution < 1.29 is 45.8 Å². The van der Waals surface area contributed by atoms with Gasteiger partial charge in [-0.25, -0.2) is 13.2 Å². The minimum atomic E-state index is -4.87. The van der Waals surface area contributed by atoms with E-state index >= 15 is 8.78 Å². The summed E-state index contributed by atoms with van der Waals surface area (Å²) in [7, 11) is 0. The predicted octanol–water partition coefficient (Wildman–Crippen LogP) is 6.48. The van der Waals surface area contributed by atoms with E-state index in [1.165, 1.54) is 13.8 Å². The number of aryl methyl sites for hydroxylation is 2. The number of carboxylic acid groups (broad SMARTS) is 1. The van der Waals surface area contributed by atoms with E-state index < -0.39 is 70.7 Å². The summed E-state index contributed by atoms with van der Waals surface area (Å²) in [6.07, 6.45) is 1.30. The number of ether oxygens (including phenoxy) is 1. The number of hydrogen-bond acceptors (Lipinski definition) is 5. The highest BCUT2D eigenvalue weighted by molar-refractivity contribution is 5.83. The number of rotatable bonds is 12. The van der Waals surface area contributed by atoms with Crippen molar-refractivity contribution >= 4 is 11.9 Å². The molecule has 52 heavy (non-hydrogen) atoms. The summed E-state index contributed by atoms with van der Waals surface area (Å²) in [5, 5.41) is 12.2. The summed E-state index contributed by atoms with van der Waals surface area (Å²) in [5.74, 6) is -3.86. The van der Waals surface area contributed by atoms with Crippen LogP contribution < -0.4 is 10.9 Å². The number of amides is 1. The highest BCUT2D eigenvalue weighted by Crippen LogP contribution is 2.39. The Balaban J connectivity index is 1.57. The minimum absolute atomic E-state index is 0.0103. The second-order valence-electron chi connectivity index (χ2n) is 13.9. The molecular formula is C38H39F6N3O5. The molecule has 0 unspecified atom stereocenters. The fourth-order valence-corrected chi connectivity index (χ4v) is 7.39. The van der Waals surface area contributed by atoms with Crippen LogP contribution in [0.3, 0.4) is 0 Å². The Morgan fingerprint density at radius 3 is 2.31 bits per heavy atom. The number of carbonyl (C=O) groups excluding carboxylic acids is 1. The van der Waals surface area contributed by atoms with Crippen LogP contribution in [0.2, 0.25) is 0 Å². The van der Waals surface area contributed by atoms with Crippen LogP contribution in [0.4, 0.5) is 26.3 Å². The summed E-state index contributed by atoms with van der Waals surface area (Å²) in [6.45, 7) is 7.66. The number of alkyl halides is 3. The van der Waals surface area contributed by atoms with Crippen LogP contribution in [0, 0.1) is 49.6 Å². The van der Waals surface area contributed by atoms with Crippen molar-refractivity contribution in [3.63, 3.8) is 0 Å². The van der Waals surface area contributed by atoms with Gasteiger partial charge in [0, 0.05) is 48.1 Å². The number of likely N-dealkylation sites (tertiary alicyclic amines) is 1. The molecule has 2 saturated heterocycles. The quantitative estimate of drug-likeness (QED) is 0.163. The zero-order valence-corrected chi connectivity index (χ0v) is 29.0. The molecule has 14 heteroatoms. The van der Waals surface area contributed by atoms with Gasteiger partial charge in [0.25, 0.3) is 5.56 Å². The molecule has 4 atom stereocenters. The van der Waals surface area contributed by atoms with Crippen molar-refractivity contribution in [3.8, 4) is 23.5 Å². The third kappa shape index (κ3) is 8.05. The SMILES string of the molecule is C#Cc1cc(F)c([C@H](CC(=O)O)NC(=O)[C@@H](CC(C)C)n2cc(CCN3C[C@@H]4C[C@H]3CO4)c(C(F)(F)F)cc2=O)c(F)c1-c1c(C)cc(F)cc1C. The van der Waals surface area contributed by atoms with E-state index in [0.29, 0.717) is 19.2 Å². The Bertz CT molecular complexity index is 1960. The van der Waals surface area contributed by atoms with E-state index in [4.69, 9.17) is 11.2 Å². The van der Waals surface area contributed by atoms with Crippen LogP contribution in [-0.2, 0) is 26.9 Å². The first-order valence-corrected chi connectivity index (χ1v) is 16.8. The van der Waals surface area contributed by atoms with Gasteiger partial charge in [-0.15, -0.1) is 6.42 Å². The molecule has 0 aliphatic carbocycles. The number of carbonyl (C=O) groups is 2. The molecule has 2 fully saturated rings. The monoisotopic (exact) mass is 731 g/mol. The maximum Gasteiger partial charge on any atom is 0.416 e. The molecule has 1 amide bonds. The predicted molar refractivity (Wildman–Crippen MR) is 180 cm³/mol. The van der Waals surface area contributed by atoms with Gasteiger partial charge in [0.2, 0.25) is 5.91 Å². The number of morpholine rings is 1. The molecule has 2 N–H and O–H groups in total. The molecule has 2 aliphatic heterocycles. The van der Waals surface area contributed by atoms with Crippen molar-refractivity contribution in [2.24, 2.45) is 5.92 Å². The highest BCUT2D eigenvalue weighted by atomic mass is 19.4. The summed E-state index contributed by atoms with van der Waals surface area (Å²) in [4.78, 5) is 41.5. The molecule has 2 aromatic carbocycles. The van der Waals surface area contributed by atoms with E-state index in [0.717, 1.165) is 35.4 Å². The molecule has 0 spiro atoms. The zero-order chi connectivity index (χ0) is 38.2. The number of aliphatic carboxylic acids is 1. The molecule has 1 aromatic heterocycles. The molecule has 0 saturated carbocycles. The van der Waals surface area contributed by atoms with Gasteiger partial charge in [0.15, 0.2) is 0 Å². The Morgan fingerprint density at radius 1 is 1.10 bits per heavy atom. The molecule has 2 aliphatic rings. The largest absolute Gasteiger partial charge is 0.481 e. The van der Waals surface area contributed by atoms with Crippen molar-refractivity contribution in [2.75, 3.05) is 19.7 Å². The Kier molecular flexibility index (Phi) is 11.3. The lowest BCUT2D eigenvalue weighted by Crippen LogP contribution is -2.41. The summed E-state index contributed by atoms with van der Waals surface area (Å²) >= 11 is 0. The van der Waals surface area contributed by atoms with Crippen LogP contribution in [0.5, 0.6) is 0 Å². The maximum absolute atomic E-state index is 16.6. The molecule has 5 rings (SSSR count). The first-order valence-electron chi connectivity index (χ1n) is 16.8. The number of pyridine rings is 1. The molecule has 8 nitrogen and oxygen atoms in total. The number of halogens is 6. The topological polar surface area (TPSA) is 101 Å². The minimum Gasteiger partial charge on any atom is -0.481 e. The van der Waals surface area contributed by atoms with E-state index in [-0.39, 0.29) is 70.8 Å². The Labute approximate surface area is 296 Å². The van der Waals surface area contributed by atoms with Gasteiger partial charge in [0.1, 0.15) is 23.5 Å². The van der Waals surface area contributed by atoms with Gasteiger partial charge in [0.05, 0.1) is 30.7 Å². The Morgan fingerprint density at radius 2 is 1.77 bits per heavy atom. The maximum atomic E-state index is 16.6. The number of benzene rings is 2. The second kappa shape index (κ2) is 15.2. The van der Waals surface area contributed by atoms with Crippen LogP contribution in [0.15, 0.2) is 35.3 Å². The highest BCUT2D eigenvalue weighted by Gasteiger charge is 2.40. The average molecular weight is 732 g/mol. The number of fused-ring (bicyclic) bond motifs is 2. The van der Waals surface area contributed by atoms with Crippen LogP contribution in [-0.4, -0.2) is 58.3 Å². The van der Waals surface area contributed by atoms with Crippen molar-refractivity contribution in [1.82, 2.24) is 14.8 Å². The summed E-state index contributed by atoms with van der Waals surface area (Å²) in [5.41, 5.74) is -3.25. The normalized spacial score (nSPS) is 18.4. The number of terminal acetylenes is 1. The number of nitrogens with one attached hydrogen (secondary N) is 1. The lowest BCUT2D eigenvalue weighted by atomic mass is 9.88. The fraction of sp³-hybridized carbons (Fsp3) is 0.447. The van der Waals surface area contributed by atoms with Gasteiger partial charge < -0.3 is 19.7 Å². The molecular weight excluding hydrogens is 692 g/mol. The molecule has 2 bridgehead atoms. The van der Waals surface area contributed by atoms with Crippen molar-refractivity contribution in [2.45, 2.75) is 83.8 Å². The lowest BCUT2D eigenvalue weighted by Gasteiger charge is -2.28. The van der Waals surface area contributed by atoms with Crippen LogP contribution in [0.1, 0.15) is 78.6 Å². The van der Waals surface area contributed by atoms with Gasteiger partial charge >= 0.3 is 12.1 Å². The van der Waals surface area contributed by atoms with Gasteiger partial charge in [-0.3, -0.25) is 19.3 Å². The number of carboxylic acids is 1. The third-order valence-corrected chi connectivity index (χ3v) is 9.68. The molecule has 0 radical (unpaired) electrons. The van der Waals surface area contributed by atoms with E-state index in [9.17, 15) is 37.1 Å². The molecule has 3 aromatic rings. The van der Waals surface area contributed by atoms with Crippen LogP contribution in [0.25, 0.3) is 11.1 Å². The molecule has 3 heterocycles. The zero-order valence-electron chi connectivity index (χ0n) is 29.0. The number of aromatic nitrogens is 1. The van der Waals surface area contributed by atoms with E-state index in [2.05, 4.69) is 11.2 Å². The third-order valence-electron chi connectivity index (χ3n) is 9.68. The van der Waals surface area contributed by atoms with Gasteiger partial charge in [-0.05, 0) is 79.5 Å². The van der Waals surface area contributed by atoms with Gasteiger partial charge in [-0.1, -0.05) is 19.8 Å². The lowest BCUT2D eigenvalue weighted by molar-refractivity contribution is -0.139. The second-order valence-corrected chi connectivity index (χ2v) is 13.9. The first kappa shape index (κ1) is 38.6. The summed E-state index contributed by atoms with van der Waals surface area (Å²) < 4.78 is 95.6. The fourth-order valence-electron chi connectivity index (χ4n) is 7.39. The van der Waals surface area contributed by atoms with Crippen molar-refractivity contribution in [1.29, 1.82) is 0 Å². The average Bonchev–Trinajstić information content (AvgIpc) is 3.66. The van der Waals surface area contributed by atoms with E-state index in [1.54, 1.807) is 13.8 Å².